The summed E-state index contributed by atoms with van der Waals surface area (Å²) < 4.78 is 1.70. The van der Waals surface area contributed by atoms with Crippen molar-refractivity contribution in [3.8, 4) is 12.3 Å². The molecule has 0 saturated heterocycles. The van der Waals surface area contributed by atoms with E-state index in [1.807, 2.05) is 37.3 Å². The molecule has 1 amide bonds. The van der Waals surface area contributed by atoms with Gasteiger partial charge in [0.25, 0.3) is 0 Å². The summed E-state index contributed by atoms with van der Waals surface area (Å²) in [7, 11) is 0. The summed E-state index contributed by atoms with van der Waals surface area (Å²) in [6.45, 7) is 10.00. The zero-order chi connectivity index (χ0) is 25.6. The second-order valence-corrected chi connectivity index (χ2v) is 9.43. The number of hydrogen-bond donors (Lipinski definition) is 4. The molecule has 1 unspecified atom stereocenters. The van der Waals surface area contributed by atoms with Gasteiger partial charge in [-0.05, 0) is 63.3 Å². The maximum absolute atomic E-state index is 13.8. The third-order valence-corrected chi connectivity index (χ3v) is 6.77. The van der Waals surface area contributed by atoms with Crippen LogP contribution in [-0.2, 0) is 11.3 Å². The molecular weight excluding hydrogens is 436 g/mol. The first kappa shape index (κ1) is 25.8. The molecule has 0 spiro atoms. The first-order chi connectivity index (χ1) is 16.7. The van der Waals surface area contributed by atoms with Crippen molar-refractivity contribution in [1.82, 2.24) is 15.1 Å². The van der Waals surface area contributed by atoms with E-state index >= 15 is 0 Å². The molecule has 35 heavy (non-hydrogen) atoms. The number of terminal acetylenes is 1. The van der Waals surface area contributed by atoms with Gasteiger partial charge in [-0.15, -0.1) is 6.42 Å². The fourth-order valence-corrected chi connectivity index (χ4v) is 4.92. The van der Waals surface area contributed by atoms with E-state index in [9.17, 15) is 4.79 Å². The maximum Gasteiger partial charge on any atom is 0.250 e. The number of carbonyl (C=O) groups is 1. The molecule has 0 aliphatic heterocycles. The average molecular weight is 473 g/mol. The van der Waals surface area contributed by atoms with Crippen LogP contribution in [0.15, 0.2) is 48.8 Å². The second kappa shape index (κ2) is 11.1. The zero-order valence-electron chi connectivity index (χ0n) is 20.9. The molecule has 1 heterocycles. The topological polar surface area (TPSA) is 109 Å². The summed E-state index contributed by atoms with van der Waals surface area (Å²) in [4.78, 5) is 13.8. The van der Waals surface area contributed by atoms with Crippen LogP contribution >= 0.6 is 0 Å². The molecular formula is C28H36N6O. The van der Waals surface area contributed by atoms with E-state index in [0.717, 1.165) is 36.9 Å². The summed E-state index contributed by atoms with van der Waals surface area (Å²) >= 11 is 0. The van der Waals surface area contributed by atoms with Crippen molar-refractivity contribution in [1.29, 1.82) is 5.41 Å². The van der Waals surface area contributed by atoms with Crippen LogP contribution in [0.5, 0.6) is 0 Å². The summed E-state index contributed by atoms with van der Waals surface area (Å²) in [5, 5.41) is 18.8. The van der Waals surface area contributed by atoms with Crippen LogP contribution in [0, 0.1) is 23.7 Å². The Hall–Kier alpha value is -3.79. The molecule has 184 valence electrons. The smallest absolute Gasteiger partial charge is 0.250 e. The first-order valence-electron chi connectivity index (χ1n) is 12.0. The van der Waals surface area contributed by atoms with E-state index in [1.165, 1.54) is 6.42 Å². The molecule has 1 aromatic carbocycles. The van der Waals surface area contributed by atoms with Gasteiger partial charge in [0.05, 0.1) is 11.4 Å². The van der Waals surface area contributed by atoms with Gasteiger partial charge in [0.15, 0.2) is 0 Å². The zero-order valence-corrected chi connectivity index (χ0v) is 20.9. The van der Waals surface area contributed by atoms with Crippen LogP contribution in [0.3, 0.4) is 0 Å². The molecule has 1 aliphatic rings. The van der Waals surface area contributed by atoms with Crippen molar-refractivity contribution in [3.63, 3.8) is 0 Å². The molecule has 1 saturated carbocycles. The second-order valence-electron chi connectivity index (χ2n) is 9.43. The number of amides is 1. The minimum atomic E-state index is -0.869. The predicted octanol–water partition coefficient (Wildman–Crippen LogP) is 4.78. The Labute approximate surface area is 208 Å². The van der Waals surface area contributed by atoms with E-state index < -0.39 is 5.54 Å². The van der Waals surface area contributed by atoms with Crippen molar-refractivity contribution in [3.05, 3.63) is 60.1 Å². The van der Waals surface area contributed by atoms with Gasteiger partial charge in [0.2, 0.25) is 5.91 Å². The van der Waals surface area contributed by atoms with Crippen LogP contribution in [0.2, 0.25) is 0 Å². The predicted molar refractivity (Wildman–Crippen MR) is 143 cm³/mol. The highest BCUT2D eigenvalue weighted by atomic mass is 16.2. The third kappa shape index (κ3) is 5.83. The van der Waals surface area contributed by atoms with Gasteiger partial charge in [-0.3, -0.25) is 9.48 Å². The molecule has 1 aromatic heterocycles. The summed E-state index contributed by atoms with van der Waals surface area (Å²) in [6.07, 6.45) is 12.5. The number of nitrogens with two attached hydrogens (primary N) is 1. The van der Waals surface area contributed by atoms with Gasteiger partial charge in [-0.2, -0.15) is 5.10 Å². The van der Waals surface area contributed by atoms with Crippen LogP contribution in [0.4, 0.5) is 5.69 Å². The Balaban J connectivity index is 1.85. The fraction of sp³-hybridized carbons (Fsp3) is 0.393. The molecule has 0 radical (unpaired) electrons. The Kier molecular flexibility index (Phi) is 8.18. The monoisotopic (exact) mass is 472 g/mol. The molecule has 1 atom stereocenters. The Morgan fingerprint density at radius 1 is 1.26 bits per heavy atom. The molecule has 1 aliphatic carbocycles. The minimum Gasteiger partial charge on any atom is -0.402 e. The lowest BCUT2D eigenvalue weighted by Gasteiger charge is -2.40. The number of nitrogens with zero attached hydrogens (tertiary/aromatic N) is 2. The number of hydrogen-bond acceptors (Lipinski definition) is 5. The van der Waals surface area contributed by atoms with Gasteiger partial charge in [0, 0.05) is 28.9 Å². The van der Waals surface area contributed by atoms with Gasteiger partial charge >= 0.3 is 0 Å². The largest absolute Gasteiger partial charge is 0.402 e. The molecule has 7 nitrogen and oxygen atoms in total. The third-order valence-electron chi connectivity index (χ3n) is 6.77. The highest BCUT2D eigenvalue weighted by Crippen LogP contribution is 2.35. The van der Waals surface area contributed by atoms with Crippen molar-refractivity contribution >= 4 is 28.6 Å². The number of anilines is 1. The van der Waals surface area contributed by atoms with E-state index in [1.54, 1.807) is 24.7 Å². The molecule has 3 rings (SSSR count). The number of rotatable bonds is 9. The quantitative estimate of drug-likeness (QED) is 0.311. The van der Waals surface area contributed by atoms with E-state index in [-0.39, 0.29) is 11.8 Å². The van der Waals surface area contributed by atoms with Gasteiger partial charge in [-0.25, -0.2) is 0 Å². The summed E-state index contributed by atoms with van der Waals surface area (Å²) in [5.74, 6) is 2.64. The number of benzene rings is 1. The van der Waals surface area contributed by atoms with Crippen LogP contribution < -0.4 is 16.4 Å². The average Bonchev–Trinajstić information content (AvgIpc) is 3.29. The standard InChI is InChI=1S/C28H36N6O/c1-6-18-34-25(16-17-31-34)21(4)33-28(5,23-10-8-7-9-11-23)27(35)32-24-14-12-22(13-15-24)26(19(2)29)20(3)30/h1,12-17,23,29,33H,4,7-11,18,30H2,2-3,5H3,(H,32,35)/b26-20+,29-19?. The first-order valence-corrected chi connectivity index (χ1v) is 12.0. The Morgan fingerprint density at radius 2 is 1.91 bits per heavy atom. The molecule has 7 heteroatoms. The lowest BCUT2D eigenvalue weighted by Crippen LogP contribution is -2.57. The molecule has 0 bridgehead atoms. The van der Waals surface area contributed by atoms with Crippen LogP contribution in [-0.4, -0.2) is 26.9 Å². The van der Waals surface area contributed by atoms with E-state index in [4.69, 9.17) is 17.6 Å². The van der Waals surface area contributed by atoms with Gasteiger partial charge < -0.3 is 21.8 Å². The lowest BCUT2D eigenvalue weighted by molar-refractivity contribution is -0.123. The van der Waals surface area contributed by atoms with Crippen molar-refractivity contribution in [2.45, 2.75) is 65.0 Å². The lowest BCUT2D eigenvalue weighted by atomic mass is 9.74. The normalized spacial score (nSPS) is 16.4. The number of allylic oxidation sites excluding steroid dienone is 2. The molecule has 1 fully saturated rings. The fourth-order valence-electron chi connectivity index (χ4n) is 4.92. The van der Waals surface area contributed by atoms with E-state index in [0.29, 0.717) is 34.9 Å². The van der Waals surface area contributed by atoms with Gasteiger partial charge in [-0.1, -0.05) is 43.9 Å². The molecule has 2 aromatic rings. The molecule has 5 N–H and O–H groups in total. The Bertz CT molecular complexity index is 1160. The summed E-state index contributed by atoms with van der Waals surface area (Å²) in [5.41, 5.74) is 9.72. The van der Waals surface area contributed by atoms with Gasteiger partial charge in [0.1, 0.15) is 12.1 Å². The van der Waals surface area contributed by atoms with Crippen LogP contribution in [0.25, 0.3) is 11.3 Å². The number of aromatic nitrogens is 2. The Morgan fingerprint density at radius 3 is 2.49 bits per heavy atom. The van der Waals surface area contributed by atoms with Crippen LogP contribution in [0.1, 0.15) is 64.1 Å². The van der Waals surface area contributed by atoms with Crippen molar-refractivity contribution < 1.29 is 4.79 Å². The maximum atomic E-state index is 13.8. The minimum absolute atomic E-state index is 0.115. The SMILES string of the molecule is C#CCn1nccc1C(=C)NC(C)(C(=O)Nc1ccc(/C(C(C)=N)=C(\C)N)cc1)C1CCCCC1. The summed E-state index contributed by atoms with van der Waals surface area (Å²) in [6, 6.07) is 9.29. The number of carbonyl (C=O) groups excluding carboxylic acids is 1. The van der Waals surface area contributed by atoms with E-state index in [2.05, 4.69) is 28.2 Å². The highest BCUT2D eigenvalue weighted by Gasteiger charge is 2.42. The van der Waals surface area contributed by atoms with Crippen molar-refractivity contribution in [2.75, 3.05) is 5.32 Å². The van der Waals surface area contributed by atoms with Crippen molar-refractivity contribution in [2.24, 2.45) is 11.7 Å². The number of nitrogens with one attached hydrogen (secondary N) is 3. The highest BCUT2D eigenvalue weighted by molar-refractivity contribution is 6.21.